The van der Waals surface area contributed by atoms with Crippen LogP contribution in [0.25, 0.3) is 21.8 Å². The van der Waals surface area contributed by atoms with E-state index in [0.717, 1.165) is 34.8 Å². The molecule has 2 atom stereocenters. The predicted molar refractivity (Wildman–Crippen MR) is 217 cm³/mol. The lowest BCUT2D eigenvalue weighted by Gasteiger charge is -2.27. The van der Waals surface area contributed by atoms with Gasteiger partial charge in [-0.15, -0.1) is 24.8 Å². The summed E-state index contributed by atoms with van der Waals surface area (Å²) >= 11 is 7.22. The molecule has 256 valence electrons. The van der Waals surface area contributed by atoms with Crippen molar-refractivity contribution in [1.82, 2.24) is 20.6 Å². The molecule has 0 fully saturated rings. The minimum Gasteiger partial charge on any atom is -0.357 e. The van der Waals surface area contributed by atoms with Crippen molar-refractivity contribution in [2.45, 2.75) is 75.9 Å². The van der Waals surface area contributed by atoms with Crippen LogP contribution in [-0.4, -0.2) is 22.6 Å². The summed E-state index contributed by atoms with van der Waals surface area (Å²) < 4.78 is 2.32. The van der Waals surface area contributed by atoms with Gasteiger partial charge in [-0.2, -0.15) is 0 Å². The Labute approximate surface area is 318 Å². The van der Waals surface area contributed by atoms with Crippen LogP contribution in [0.4, 0.5) is 0 Å². The van der Waals surface area contributed by atoms with Gasteiger partial charge in [0, 0.05) is 60.3 Å². The first-order valence-electron chi connectivity index (χ1n) is 17.3. The number of nitrogens with one attached hydrogen (secondary N) is 4. The van der Waals surface area contributed by atoms with Crippen LogP contribution < -0.4 is 10.6 Å². The maximum absolute atomic E-state index is 3.95. The van der Waals surface area contributed by atoms with E-state index in [2.05, 4.69) is 143 Å². The first-order chi connectivity index (χ1) is 23.1. The zero-order valence-corrected chi connectivity index (χ0v) is 32.3. The lowest BCUT2D eigenvalue weighted by atomic mass is 9.91. The fourth-order valence-electron chi connectivity index (χ4n) is 8.24. The van der Waals surface area contributed by atoms with Gasteiger partial charge in [-0.25, -0.2) is 0 Å². The number of aryl methyl sites for hydroxylation is 2. The van der Waals surface area contributed by atoms with Crippen LogP contribution in [0, 0.1) is 0 Å². The standard InChI is InChI=1S/C21H21BrN2.C20H21BrN2.2ClH/c22-15-8-9-19-18(12-15)17-6-3-7-20(21(17)24-19)23-16-10-13-4-1-2-5-14(13)11-16;21-15-9-10-18-17(13-15)16-7-4-8-19(20(16)23-18)22-12-11-14-5-2-1-3-6-14;;/h1-2,4-5,8-9,12,16,20,23-24H,3,6-7,10-11H2;1-3,5-6,9-10,13,19,22-23H,4,7-8,11-12H2;2*1H/t20-;;;/m1.../s1. The van der Waals surface area contributed by atoms with E-state index >= 15 is 0 Å². The van der Waals surface area contributed by atoms with Crippen molar-refractivity contribution in [2.75, 3.05) is 6.54 Å². The number of hydrogen-bond donors (Lipinski definition) is 4. The maximum atomic E-state index is 3.95. The van der Waals surface area contributed by atoms with E-state index in [9.17, 15) is 0 Å². The fourth-order valence-corrected chi connectivity index (χ4v) is 8.96. The average molecular weight is 824 g/mol. The smallest absolute Gasteiger partial charge is 0.0478 e. The summed E-state index contributed by atoms with van der Waals surface area (Å²) in [5.74, 6) is 0. The highest BCUT2D eigenvalue weighted by molar-refractivity contribution is 9.10. The van der Waals surface area contributed by atoms with Crippen molar-refractivity contribution in [1.29, 1.82) is 0 Å². The van der Waals surface area contributed by atoms with Gasteiger partial charge >= 0.3 is 0 Å². The second-order valence-corrected chi connectivity index (χ2v) is 15.4. The van der Waals surface area contributed by atoms with Crippen LogP contribution in [0.3, 0.4) is 0 Å². The van der Waals surface area contributed by atoms with Crippen LogP contribution in [0.5, 0.6) is 0 Å². The molecule has 0 saturated heterocycles. The lowest BCUT2D eigenvalue weighted by Crippen LogP contribution is -2.35. The van der Waals surface area contributed by atoms with Gasteiger partial charge in [0.05, 0.1) is 0 Å². The van der Waals surface area contributed by atoms with E-state index in [-0.39, 0.29) is 24.8 Å². The molecule has 0 saturated carbocycles. The zero-order chi connectivity index (χ0) is 31.7. The fraction of sp³-hybridized carbons (Fsp3) is 0.317. The highest BCUT2D eigenvalue weighted by atomic mass is 79.9. The predicted octanol–water partition coefficient (Wildman–Crippen LogP) is 11.0. The average Bonchev–Trinajstić information content (AvgIpc) is 3.79. The van der Waals surface area contributed by atoms with E-state index in [1.165, 1.54) is 99.5 Å². The summed E-state index contributed by atoms with van der Waals surface area (Å²) in [6.45, 7) is 1.02. The second kappa shape index (κ2) is 16.2. The highest BCUT2D eigenvalue weighted by Gasteiger charge is 2.29. The molecule has 0 radical (unpaired) electrons. The van der Waals surface area contributed by atoms with Gasteiger partial charge in [0.1, 0.15) is 0 Å². The summed E-state index contributed by atoms with van der Waals surface area (Å²) in [6.07, 6.45) is 10.8. The Bertz CT molecular complexity index is 2000. The van der Waals surface area contributed by atoms with E-state index in [0.29, 0.717) is 18.1 Å². The second-order valence-electron chi connectivity index (χ2n) is 13.5. The number of H-pyrrole nitrogens is 2. The SMILES string of the molecule is Brc1ccc2[nH]c3c(c2c1)CCCC3NCCc1ccccc1.Brc1ccc2[nH]c3c(c2c1)CCC[C@H]3NC1Cc2ccccc2C1.Cl.Cl. The van der Waals surface area contributed by atoms with Crippen LogP contribution in [0.15, 0.2) is 99.9 Å². The zero-order valence-electron chi connectivity index (χ0n) is 27.5. The van der Waals surface area contributed by atoms with Gasteiger partial charge in [0.25, 0.3) is 0 Å². The Morgan fingerprint density at radius 1 is 0.633 bits per heavy atom. The summed E-state index contributed by atoms with van der Waals surface area (Å²) in [6, 6.07) is 34.2. The maximum Gasteiger partial charge on any atom is 0.0478 e. The van der Waals surface area contributed by atoms with Gasteiger partial charge in [-0.1, -0.05) is 86.5 Å². The van der Waals surface area contributed by atoms with Crippen LogP contribution in [-0.2, 0) is 32.1 Å². The molecule has 2 heterocycles. The summed E-state index contributed by atoms with van der Waals surface area (Å²) in [7, 11) is 0. The molecule has 3 aliphatic carbocycles. The van der Waals surface area contributed by atoms with Crippen molar-refractivity contribution < 1.29 is 0 Å². The molecule has 1 unspecified atom stereocenters. The number of benzene rings is 4. The topological polar surface area (TPSA) is 55.6 Å². The number of halogens is 4. The third-order valence-corrected chi connectivity index (χ3v) is 11.5. The molecule has 0 amide bonds. The van der Waals surface area contributed by atoms with Gasteiger partial charge in [0.2, 0.25) is 0 Å². The van der Waals surface area contributed by atoms with E-state index in [1.54, 1.807) is 0 Å². The summed E-state index contributed by atoms with van der Waals surface area (Å²) in [5, 5.41) is 10.5. The molecule has 0 aliphatic heterocycles. The van der Waals surface area contributed by atoms with Crippen molar-refractivity contribution in [3.63, 3.8) is 0 Å². The molecule has 0 spiro atoms. The third kappa shape index (κ3) is 7.85. The Morgan fingerprint density at radius 3 is 1.76 bits per heavy atom. The van der Waals surface area contributed by atoms with Crippen LogP contribution >= 0.6 is 56.7 Å². The van der Waals surface area contributed by atoms with E-state index < -0.39 is 0 Å². The molecule has 4 N–H and O–H groups in total. The number of hydrogen-bond acceptors (Lipinski definition) is 2. The molecule has 2 aromatic heterocycles. The quantitative estimate of drug-likeness (QED) is 0.135. The number of fused-ring (bicyclic) bond motifs is 7. The molecule has 0 bridgehead atoms. The Hall–Kier alpha value is -2.58. The molecule has 8 heteroatoms. The molecule has 4 nitrogen and oxygen atoms in total. The first-order valence-corrected chi connectivity index (χ1v) is 18.9. The number of aromatic amines is 2. The van der Waals surface area contributed by atoms with Crippen molar-refractivity contribution in [3.8, 4) is 0 Å². The van der Waals surface area contributed by atoms with Gasteiger partial charge in [-0.3, -0.25) is 0 Å². The Kier molecular flexibility index (Phi) is 12.0. The van der Waals surface area contributed by atoms with Crippen LogP contribution in [0.2, 0.25) is 0 Å². The summed E-state index contributed by atoms with van der Waals surface area (Å²) in [4.78, 5) is 7.36. The van der Waals surface area contributed by atoms with Crippen LogP contribution in [0.1, 0.15) is 77.0 Å². The minimum atomic E-state index is 0. The largest absolute Gasteiger partial charge is 0.357 e. The number of aromatic nitrogens is 2. The van der Waals surface area contributed by atoms with Crippen molar-refractivity contribution >= 4 is 78.5 Å². The molecule has 4 aromatic carbocycles. The Balaban J connectivity index is 0.000000164. The first kappa shape index (κ1) is 36.2. The molecular formula is C41H44Br2Cl2N4. The Morgan fingerprint density at radius 2 is 1.16 bits per heavy atom. The van der Waals surface area contributed by atoms with E-state index in [1.807, 2.05) is 0 Å². The molecular weight excluding hydrogens is 779 g/mol. The lowest BCUT2D eigenvalue weighted by molar-refractivity contribution is 0.396. The number of rotatable bonds is 6. The minimum absolute atomic E-state index is 0. The van der Waals surface area contributed by atoms with Gasteiger partial charge in [0.15, 0.2) is 0 Å². The van der Waals surface area contributed by atoms with Gasteiger partial charge in [-0.05, 0) is 129 Å². The van der Waals surface area contributed by atoms with Gasteiger partial charge < -0.3 is 20.6 Å². The normalized spacial score (nSPS) is 18.1. The third-order valence-electron chi connectivity index (χ3n) is 10.5. The molecule has 9 rings (SSSR count). The summed E-state index contributed by atoms with van der Waals surface area (Å²) in [5.41, 5.74) is 12.8. The van der Waals surface area contributed by atoms with Crippen molar-refractivity contribution in [3.05, 3.63) is 139 Å². The molecule has 49 heavy (non-hydrogen) atoms. The molecule has 6 aromatic rings. The monoisotopic (exact) mass is 820 g/mol. The highest BCUT2D eigenvalue weighted by Crippen LogP contribution is 2.38. The van der Waals surface area contributed by atoms with Crippen molar-refractivity contribution in [2.24, 2.45) is 0 Å². The van der Waals surface area contributed by atoms with E-state index in [4.69, 9.17) is 0 Å². The molecule has 3 aliphatic rings.